The first-order chi connectivity index (χ1) is 10.4. The number of hydrogen-bond donors (Lipinski definition) is 1. The Kier molecular flexibility index (Phi) is 8.95. The number of thiophene rings is 1. The molecule has 23 heavy (non-hydrogen) atoms. The van der Waals surface area contributed by atoms with Gasteiger partial charge in [-0.05, 0) is 24.4 Å². The number of ether oxygens (including phenoxy) is 1. The highest BCUT2D eigenvalue weighted by molar-refractivity contribution is 7.10. The van der Waals surface area contributed by atoms with Crippen LogP contribution in [0.15, 0.2) is 41.8 Å². The normalized spacial score (nSPS) is 16.0. The van der Waals surface area contributed by atoms with Crippen LogP contribution in [0.5, 0.6) is 5.75 Å². The lowest BCUT2D eigenvalue weighted by Gasteiger charge is -2.35. The average molecular weight is 375 g/mol. The first kappa shape index (κ1) is 20.3. The molecule has 0 bridgehead atoms. The van der Waals surface area contributed by atoms with E-state index in [9.17, 15) is 0 Å². The second-order valence-corrected chi connectivity index (χ2v) is 6.15. The van der Waals surface area contributed by atoms with Crippen molar-refractivity contribution in [2.75, 3.05) is 32.8 Å². The molecular weight excluding hydrogens is 351 g/mol. The van der Waals surface area contributed by atoms with Crippen LogP contribution in [0.1, 0.15) is 23.4 Å². The fourth-order valence-electron chi connectivity index (χ4n) is 2.91. The maximum Gasteiger partial charge on any atom is 0.124 e. The summed E-state index contributed by atoms with van der Waals surface area (Å²) in [4.78, 5) is 3.95. The summed E-state index contributed by atoms with van der Waals surface area (Å²) in [7, 11) is 0. The summed E-state index contributed by atoms with van der Waals surface area (Å²) >= 11 is 1.83. The number of benzene rings is 1. The van der Waals surface area contributed by atoms with Crippen molar-refractivity contribution >= 4 is 36.2 Å². The predicted molar refractivity (Wildman–Crippen MR) is 103 cm³/mol. The molecule has 1 aromatic heterocycles. The van der Waals surface area contributed by atoms with Crippen molar-refractivity contribution in [1.82, 2.24) is 10.2 Å². The fourth-order valence-corrected chi connectivity index (χ4v) is 3.79. The van der Waals surface area contributed by atoms with E-state index in [2.05, 4.69) is 52.0 Å². The standard InChI is InChI=1S/C17H22N2OS.2ClH/c1-2-20-15-7-4-3-6-14(15)17(16-8-5-13-21-16)19-11-9-18-10-12-19;;/h3-8,13,17-18H,2,9-12H2,1H3;2*1H/t17-;;/m0../s1. The van der Waals surface area contributed by atoms with E-state index in [1.165, 1.54) is 10.4 Å². The molecule has 1 saturated heterocycles. The van der Waals surface area contributed by atoms with Crippen molar-refractivity contribution in [3.05, 3.63) is 52.2 Å². The molecule has 1 N–H and O–H groups in total. The van der Waals surface area contributed by atoms with Crippen LogP contribution in [-0.4, -0.2) is 37.7 Å². The lowest BCUT2D eigenvalue weighted by atomic mass is 10.0. The van der Waals surface area contributed by atoms with Crippen LogP contribution >= 0.6 is 36.2 Å². The van der Waals surface area contributed by atoms with Crippen LogP contribution in [-0.2, 0) is 0 Å². The van der Waals surface area contributed by atoms with Crippen LogP contribution in [0.25, 0.3) is 0 Å². The Morgan fingerprint density at radius 3 is 2.52 bits per heavy atom. The number of rotatable bonds is 5. The third-order valence-electron chi connectivity index (χ3n) is 3.84. The molecular formula is C17H24Cl2N2OS. The van der Waals surface area contributed by atoms with Gasteiger partial charge in [-0.2, -0.15) is 0 Å². The molecule has 1 aliphatic rings. The van der Waals surface area contributed by atoms with Crippen molar-refractivity contribution in [1.29, 1.82) is 0 Å². The number of para-hydroxylation sites is 1. The van der Waals surface area contributed by atoms with E-state index in [1.807, 2.05) is 18.3 Å². The molecule has 2 heterocycles. The van der Waals surface area contributed by atoms with E-state index in [0.29, 0.717) is 12.6 Å². The van der Waals surface area contributed by atoms with Gasteiger partial charge in [-0.25, -0.2) is 0 Å². The molecule has 0 aliphatic carbocycles. The first-order valence-corrected chi connectivity index (χ1v) is 8.48. The number of hydrogen-bond acceptors (Lipinski definition) is 4. The second kappa shape index (κ2) is 10.2. The fraction of sp³-hybridized carbons (Fsp3) is 0.412. The molecule has 0 amide bonds. The van der Waals surface area contributed by atoms with E-state index < -0.39 is 0 Å². The number of piperazine rings is 1. The molecule has 1 aromatic carbocycles. The molecule has 0 radical (unpaired) electrons. The minimum atomic E-state index is 0. The molecule has 2 aromatic rings. The smallest absolute Gasteiger partial charge is 0.124 e. The van der Waals surface area contributed by atoms with Gasteiger partial charge in [-0.1, -0.05) is 24.3 Å². The molecule has 128 valence electrons. The van der Waals surface area contributed by atoms with Gasteiger partial charge in [0.05, 0.1) is 12.6 Å². The van der Waals surface area contributed by atoms with E-state index in [4.69, 9.17) is 4.74 Å². The number of nitrogens with zero attached hydrogens (tertiary/aromatic N) is 1. The Balaban J connectivity index is 0.00000132. The summed E-state index contributed by atoms with van der Waals surface area (Å²) in [5, 5.41) is 5.60. The highest BCUT2D eigenvalue weighted by atomic mass is 35.5. The third-order valence-corrected chi connectivity index (χ3v) is 4.77. The molecule has 0 saturated carbocycles. The van der Waals surface area contributed by atoms with Gasteiger partial charge in [0.25, 0.3) is 0 Å². The molecule has 1 aliphatic heterocycles. The Morgan fingerprint density at radius 2 is 1.87 bits per heavy atom. The SMILES string of the molecule is CCOc1ccccc1[C@@H](c1cccs1)N1CCNCC1.Cl.Cl. The highest BCUT2D eigenvalue weighted by Crippen LogP contribution is 2.36. The van der Waals surface area contributed by atoms with Crippen LogP contribution in [0.3, 0.4) is 0 Å². The molecule has 6 heteroatoms. The average Bonchev–Trinajstić information content (AvgIpc) is 3.05. The topological polar surface area (TPSA) is 24.5 Å². The van der Waals surface area contributed by atoms with Crippen molar-refractivity contribution in [2.24, 2.45) is 0 Å². The maximum absolute atomic E-state index is 5.87. The van der Waals surface area contributed by atoms with Gasteiger partial charge in [-0.15, -0.1) is 36.2 Å². The summed E-state index contributed by atoms with van der Waals surface area (Å²) in [6, 6.07) is 13.1. The van der Waals surface area contributed by atoms with Gasteiger partial charge in [0.2, 0.25) is 0 Å². The zero-order valence-corrected chi connectivity index (χ0v) is 15.7. The van der Waals surface area contributed by atoms with Crippen LogP contribution < -0.4 is 10.1 Å². The zero-order chi connectivity index (χ0) is 14.5. The molecule has 3 nitrogen and oxygen atoms in total. The lowest BCUT2D eigenvalue weighted by Crippen LogP contribution is -2.45. The quantitative estimate of drug-likeness (QED) is 0.856. The molecule has 3 rings (SSSR count). The van der Waals surface area contributed by atoms with E-state index in [1.54, 1.807) is 0 Å². The summed E-state index contributed by atoms with van der Waals surface area (Å²) in [5.74, 6) is 1.01. The van der Waals surface area contributed by atoms with Gasteiger partial charge in [0.15, 0.2) is 0 Å². The van der Waals surface area contributed by atoms with Crippen LogP contribution in [0, 0.1) is 0 Å². The van der Waals surface area contributed by atoms with Crippen molar-refractivity contribution < 1.29 is 4.74 Å². The van der Waals surface area contributed by atoms with Gasteiger partial charge in [-0.3, -0.25) is 4.90 Å². The minimum absolute atomic E-state index is 0. The Hall–Kier alpha value is -0.780. The largest absolute Gasteiger partial charge is 0.494 e. The van der Waals surface area contributed by atoms with E-state index in [0.717, 1.165) is 31.9 Å². The van der Waals surface area contributed by atoms with E-state index in [-0.39, 0.29) is 24.8 Å². The summed E-state index contributed by atoms with van der Waals surface area (Å²) in [5.41, 5.74) is 1.28. The van der Waals surface area contributed by atoms with Crippen LogP contribution in [0.4, 0.5) is 0 Å². The van der Waals surface area contributed by atoms with Crippen LogP contribution in [0.2, 0.25) is 0 Å². The Morgan fingerprint density at radius 1 is 1.13 bits per heavy atom. The van der Waals surface area contributed by atoms with Gasteiger partial charge < -0.3 is 10.1 Å². The molecule has 1 atom stereocenters. The third kappa shape index (κ3) is 4.85. The maximum atomic E-state index is 5.87. The highest BCUT2D eigenvalue weighted by Gasteiger charge is 2.26. The monoisotopic (exact) mass is 374 g/mol. The second-order valence-electron chi connectivity index (χ2n) is 5.17. The van der Waals surface area contributed by atoms with Crippen molar-refractivity contribution in [2.45, 2.75) is 13.0 Å². The minimum Gasteiger partial charge on any atom is -0.494 e. The van der Waals surface area contributed by atoms with Gasteiger partial charge >= 0.3 is 0 Å². The Bertz CT molecular complexity index is 559. The van der Waals surface area contributed by atoms with E-state index >= 15 is 0 Å². The van der Waals surface area contributed by atoms with Gasteiger partial charge in [0.1, 0.15) is 5.75 Å². The zero-order valence-electron chi connectivity index (χ0n) is 13.2. The molecule has 0 unspecified atom stereocenters. The number of nitrogens with one attached hydrogen (secondary N) is 1. The molecule has 1 fully saturated rings. The van der Waals surface area contributed by atoms with Crippen molar-refractivity contribution in [3.8, 4) is 5.75 Å². The van der Waals surface area contributed by atoms with Crippen molar-refractivity contribution in [3.63, 3.8) is 0 Å². The lowest BCUT2D eigenvalue weighted by molar-refractivity contribution is 0.196. The summed E-state index contributed by atoms with van der Waals surface area (Å²) in [6.45, 7) is 7.00. The number of halogens is 2. The predicted octanol–water partition coefficient (Wildman–Crippen LogP) is 3.99. The molecule has 0 spiro atoms. The summed E-state index contributed by atoms with van der Waals surface area (Å²) < 4.78 is 5.87. The first-order valence-electron chi connectivity index (χ1n) is 7.60. The van der Waals surface area contributed by atoms with Gasteiger partial charge in [0, 0.05) is 36.6 Å². The Labute approximate surface area is 154 Å². The summed E-state index contributed by atoms with van der Waals surface area (Å²) in [6.07, 6.45) is 0.